The molecule has 0 saturated heterocycles. The number of carbonyl (C=O) groups is 1. The van der Waals surface area contributed by atoms with Gasteiger partial charge >= 0.3 is 18.0 Å². The van der Waals surface area contributed by atoms with Crippen LogP contribution in [0, 0.1) is 0 Å². The Bertz CT molecular complexity index is 386. The van der Waals surface area contributed by atoms with Gasteiger partial charge in [0.25, 0.3) is 0 Å². The zero-order chi connectivity index (χ0) is 16.4. The second-order valence-corrected chi connectivity index (χ2v) is 3.76. The van der Waals surface area contributed by atoms with E-state index in [0.717, 1.165) is 4.90 Å². The number of hydrogen-bond donors (Lipinski definition) is 1. The average Bonchev–Trinajstić information content (AvgIpc) is 2.28. The first-order valence-corrected chi connectivity index (χ1v) is 5.41. The van der Waals surface area contributed by atoms with Crippen molar-refractivity contribution in [3.05, 3.63) is 11.8 Å². The lowest BCUT2D eigenvalue weighted by Crippen LogP contribution is -2.54. The Labute approximate surface area is 110 Å². The molecular weight excluding hydrogens is 297 g/mol. The first kappa shape index (κ1) is 18.5. The van der Waals surface area contributed by atoms with Crippen molar-refractivity contribution in [3.63, 3.8) is 0 Å². The topological polar surface area (TPSA) is 46.3 Å². The lowest BCUT2D eigenvalue weighted by molar-refractivity contribution is -0.344. The maximum atomic E-state index is 13.1. The molecule has 0 saturated carbocycles. The van der Waals surface area contributed by atoms with Crippen molar-refractivity contribution in [1.29, 1.82) is 0 Å². The van der Waals surface area contributed by atoms with Gasteiger partial charge in [-0.1, -0.05) is 0 Å². The Morgan fingerprint density at radius 1 is 1.05 bits per heavy atom. The van der Waals surface area contributed by atoms with Gasteiger partial charge in [-0.05, 0) is 13.8 Å². The van der Waals surface area contributed by atoms with Gasteiger partial charge in [0.15, 0.2) is 0 Å². The van der Waals surface area contributed by atoms with Crippen LogP contribution in [0.25, 0.3) is 0 Å². The van der Waals surface area contributed by atoms with Gasteiger partial charge in [-0.25, -0.2) is 0 Å². The summed E-state index contributed by atoms with van der Waals surface area (Å²) in [6.45, 7) is 3.04. The molecule has 0 spiro atoms. The van der Waals surface area contributed by atoms with E-state index in [-0.39, 0.29) is 19.2 Å². The molecule has 0 aliphatic heterocycles. The number of nitrogens with zero attached hydrogens (tertiary/aromatic N) is 1. The van der Waals surface area contributed by atoms with Crippen LogP contribution in [0.3, 0.4) is 0 Å². The fraction of sp³-hybridized carbons (Fsp3) is 0.700. The van der Waals surface area contributed by atoms with Crippen LogP contribution in [0.5, 0.6) is 0 Å². The van der Waals surface area contributed by atoms with Crippen LogP contribution in [0.4, 0.5) is 30.7 Å². The monoisotopic (exact) mass is 310 g/mol. The molecule has 2 N–H and O–H groups in total. The van der Waals surface area contributed by atoms with Gasteiger partial charge in [0.1, 0.15) is 0 Å². The van der Waals surface area contributed by atoms with Gasteiger partial charge in [-0.3, -0.25) is 4.79 Å². The maximum absolute atomic E-state index is 13.1. The number of alkyl halides is 7. The molecule has 0 fully saturated rings. The smallest absolute Gasteiger partial charge is 0.397 e. The van der Waals surface area contributed by atoms with Crippen molar-refractivity contribution < 1.29 is 35.5 Å². The molecule has 0 atom stereocenters. The summed E-state index contributed by atoms with van der Waals surface area (Å²) < 4.78 is 87.2. The van der Waals surface area contributed by atoms with E-state index >= 15 is 0 Å². The van der Waals surface area contributed by atoms with Crippen LogP contribution < -0.4 is 5.73 Å². The first-order chi connectivity index (χ1) is 8.82. The minimum Gasteiger partial charge on any atom is -0.397 e. The second kappa shape index (κ2) is 5.88. The summed E-state index contributed by atoms with van der Waals surface area (Å²) in [4.78, 5) is 12.3. The van der Waals surface area contributed by atoms with Gasteiger partial charge in [-0.2, -0.15) is 30.7 Å². The summed E-state index contributed by atoms with van der Waals surface area (Å²) in [6, 6.07) is 0. The van der Waals surface area contributed by atoms with Crippen molar-refractivity contribution in [3.8, 4) is 0 Å². The molecule has 10 heteroatoms. The Balaban J connectivity index is 5.47. The molecule has 1 amide bonds. The largest absolute Gasteiger partial charge is 0.460 e. The molecule has 0 aromatic carbocycles. The lowest BCUT2D eigenvalue weighted by Gasteiger charge is -2.28. The van der Waals surface area contributed by atoms with Crippen molar-refractivity contribution in [2.45, 2.75) is 31.9 Å². The highest BCUT2D eigenvalue weighted by Gasteiger charge is 2.74. The van der Waals surface area contributed by atoms with Crippen LogP contribution in [-0.4, -0.2) is 41.9 Å². The molecular formula is C10H13F7N2O. The minimum absolute atomic E-state index is 0.0559. The van der Waals surface area contributed by atoms with Gasteiger partial charge < -0.3 is 10.6 Å². The summed E-state index contributed by atoms with van der Waals surface area (Å²) in [7, 11) is 0. The SMILES string of the molecule is CCN(CC)C(=O)/C=C(\N)C(F)(F)C(F)(F)C(F)(F)F. The minimum atomic E-state index is -6.49. The average molecular weight is 310 g/mol. The number of likely N-dealkylation sites (N-methyl/N-ethyl adjacent to an activating group) is 1. The van der Waals surface area contributed by atoms with Crippen molar-refractivity contribution >= 4 is 5.91 Å². The van der Waals surface area contributed by atoms with Crippen molar-refractivity contribution in [1.82, 2.24) is 4.90 Å². The van der Waals surface area contributed by atoms with E-state index < -0.39 is 29.6 Å². The number of allylic oxidation sites excluding steroid dienone is 1. The van der Waals surface area contributed by atoms with Gasteiger partial charge in [0.05, 0.1) is 5.70 Å². The molecule has 0 aliphatic rings. The van der Waals surface area contributed by atoms with Crippen LogP contribution >= 0.6 is 0 Å². The van der Waals surface area contributed by atoms with E-state index in [1.807, 2.05) is 0 Å². The van der Waals surface area contributed by atoms with E-state index in [2.05, 4.69) is 5.73 Å². The number of hydrogen-bond acceptors (Lipinski definition) is 2. The lowest BCUT2D eigenvalue weighted by atomic mass is 10.1. The number of carbonyl (C=O) groups excluding carboxylic acids is 1. The summed E-state index contributed by atoms with van der Waals surface area (Å²) in [6.07, 6.45) is -6.61. The van der Waals surface area contributed by atoms with E-state index in [1.54, 1.807) is 0 Å². The first-order valence-electron chi connectivity index (χ1n) is 5.41. The summed E-state index contributed by atoms with van der Waals surface area (Å²) in [5.74, 6) is -13.3. The Morgan fingerprint density at radius 2 is 1.45 bits per heavy atom. The third-order valence-corrected chi connectivity index (χ3v) is 2.47. The molecule has 0 unspecified atom stereocenters. The molecule has 0 aromatic rings. The van der Waals surface area contributed by atoms with E-state index in [4.69, 9.17) is 0 Å². The number of rotatable bonds is 5. The highest BCUT2D eigenvalue weighted by molar-refractivity contribution is 5.88. The number of halogens is 7. The Hall–Kier alpha value is -1.48. The van der Waals surface area contributed by atoms with Crippen LogP contribution in [0.1, 0.15) is 13.8 Å². The zero-order valence-electron chi connectivity index (χ0n) is 10.6. The van der Waals surface area contributed by atoms with Crippen LogP contribution in [0.2, 0.25) is 0 Å². The molecule has 0 aliphatic carbocycles. The third-order valence-electron chi connectivity index (χ3n) is 2.47. The number of amides is 1. The zero-order valence-corrected chi connectivity index (χ0v) is 10.6. The van der Waals surface area contributed by atoms with Gasteiger partial charge in [-0.15, -0.1) is 0 Å². The Kier molecular flexibility index (Phi) is 5.44. The van der Waals surface area contributed by atoms with E-state index in [9.17, 15) is 35.5 Å². The van der Waals surface area contributed by atoms with Crippen molar-refractivity contribution in [2.24, 2.45) is 5.73 Å². The van der Waals surface area contributed by atoms with E-state index in [1.165, 1.54) is 13.8 Å². The fourth-order valence-electron chi connectivity index (χ4n) is 1.21. The third kappa shape index (κ3) is 3.34. The highest BCUT2D eigenvalue weighted by Crippen LogP contribution is 2.48. The van der Waals surface area contributed by atoms with Crippen LogP contribution in [-0.2, 0) is 4.79 Å². The predicted molar refractivity (Wildman–Crippen MR) is 56.1 cm³/mol. The summed E-state index contributed by atoms with van der Waals surface area (Å²) in [5.41, 5.74) is 2.42. The Morgan fingerprint density at radius 3 is 1.75 bits per heavy atom. The highest BCUT2D eigenvalue weighted by atomic mass is 19.4. The normalized spacial score (nSPS) is 14.3. The summed E-state index contributed by atoms with van der Waals surface area (Å²) in [5, 5.41) is 0. The number of nitrogens with two attached hydrogens (primary N) is 1. The molecule has 0 aromatic heterocycles. The molecule has 0 heterocycles. The maximum Gasteiger partial charge on any atom is 0.460 e. The van der Waals surface area contributed by atoms with Crippen LogP contribution in [0.15, 0.2) is 11.8 Å². The quantitative estimate of drug-likeness (QED) is 0.626. The molecule has 20 heavy (non-hydrogen) atoms. The predicted octanol–water partition coefficient (Wildman–Crippen LogP) is 2.53. The fourth-order valence-corrected chi connectivity index (χ4v) is 1.21. The summed E-state index contributed by atoms with van der Waals surface area (Å²) >= 11 is 0. The van der Waals surface area contributed by atoms with Gasteiger partial charge in [0.2, 0.25) is 5.91 Å². The van der Waals surface area contributed by atoms with Gasteiger partial charge in [0, 0.05) is 19.2 Å². The molecule has 118 valence electrons. The van der Waals surface area contributed by atoms with Crippen molar-refractivity contribution in [2.75, 3.05) is 13.1 Å². The second-order valence-electron chi connectivity index (χ2n) is 3.76. The molecule has 0 radical (unpaired) electrons. The van der Waals surface area contributed by atoms with E-state index in [0.29, 0.717) is 0 Å². The molecule has 3 nitrogen and oxygen atoms in total. The molecule has 0 bridgehead atoms. The molecule has 0 rings (SSSR count). The standard InChI is InChI=1S/C10H13F7N2O/c1-3-19(4-2)7(20)5-6(18)8(11,12)9(13,14)10(15,16)17/h5H,3-4,18H2,1-2H3/b6-5-.